The Morgan fingerprint density at radius 2 is 1.94 bits per heavy atom. The van der Waals surface area contributed by atoms with E-state index in [0.29, 0.717) is 26.1 Å². The summed E-state index contributed by atoms with van der Waals surface area (Å²) in [5.41, 5.74) is -0.0194. The third-order valence-electron chi connectivity index (χ3n) is 2.56. The summed E-state index contributed by atoms with van der Waals surface area (Å²) in [5, 5.41) is 13.8. The van der Waals surface area contributed by atoms with Gasteiger partial charge in [0, 0.05) is 33.2 Å². The minimum absolute atomic E-state index is 0.0194. The lowest BCUT2D eigenvalue weighted by Gasteiger charge is -2.24. The van der Waals surface area contributed by atoms with Crippen molar-refractivity contribution >= 4 is 12.0 Å². The van der Waals surface area contributed by atoms with E-state index in [1.54, 1.807) is 7.11 Å². The average Bonchev–Trinajstić information content (AvgIpc) is 2.29. The Hall–Kier alpha value is -1.30. The second kappa shape index (κ2) is 8.74. The maximum atomic E-state index is 11.4. The van der Waals surface area contributed by atoms with Crippen molar-refractivity contribution in [1.82, 2.24) is 10.6 Å². The molecule has 2 amide bonds. The van der Waals surface area contributed by atoms with Gasteiger partial charge in [0.1, 0.15) is 0 Å². The number of nitrogens with one attached hydrogen (secondary N) is 2. The number of hydrogen-bond acceptors (Lipinski definition) is 3. The predicted octanol–water partition coefficient (Wildman–Crippen LogP) is 1.21. The van der Waals surface area contributed by atoms with E-state index >= 15 is 0 Å². The molecule has 0 aliphatic rings. The summed E-state index contributed by atoms with van der Waals surface area (Å²) in [6, 6.07) is -0.258. The fourth-order valence-corrected chi connectivity index (χ4v) is 1.29. The van der Waals surface area contributed by atoms with Crippen LogP contribution < -0.4 is 10.6 Å². The lowest BCUT2D eigenvalue weighted by Crippen LogP contribution is -2.41. The maximum absolute atomic E-state index is 11.4. The number of aliphatic carboxylic acids is 1. The molecule has 0 spiro atoms. The van der Waals surface area contributed by atoms with Gasteiger partial charge in [0.25, 0.3) is 0 Å². The molecule has 0 bridgehead atoms. The molecule has 3 N–H and O–H groups in total. The molecule has 18 heavy (non-hydrogen) atoms. The van der Waals surface area contributed by atoms with Crippen LogP contribution in [0.3, 0.4) is 0 Å². The lowest BCUT2D eigenvalue weighted by molar-refractivity contribution is -0.137. The van der Waals surface area contributed by atoms with Crippen LogP contribution in [0, 0.1) is 5.41 Å². The highest BCUT2D eigenvalue weighted by Crippen LogP contribution is 2.18. The fourth-order valence-electron chi connectivity index (χ4n) is 1.29. The van der Waals surface area contributed by atoms with Gasteiger partial charge in [0.2, 0.25) is 0 Å². The normalized spacial score (nSPS) is 11.1. The highest BCUT2D eigenvalue weighted by atomic mass is 16.5. The Bertz CT molecular complexity index is 267. The number of ether oxygens (including phenoxy) is 1. The van der Waals surface area contributed by atoms with E-state index in [-0.39, 0.29) is 17.9 Å². The van der Waals surface area contributed by atoms with E-state index in [9.17, 15) is 9.59 Å². The van der Waals surface area contributed by atoms with E-state index < -0.39 is 5.97 Å². The molecule has 106 valence electrons. The quantitative estimate of drug-likeness (QED) is 0.544. The molecule has 0 saturated heterocycles. The first-order valence-electron chi connectivity index (χ1n) is 6.10. The van der Waals surface area contributed by atoms with Gasteiger partial charge in [-0.05, 0) is 18.3 Å². The van der Waals surface area contributed by atoms with Crippen LogP contribution in [-0.4, -0.2) is 43.9 Å². The van der Waals surface area contributed by atoms with Crippen molar-refractivity contribution in [1.29, 1.82) is 0 Å². The topological polar surface area (TPSA) is 87.7 Å². The first-order valence-corrected chi connectivity index (χ1v) is 6.10. The summed E-state index contributed by atoms with van der Waals surface area (Å²) in [4.78, 5) is 21.7. The number of carbonyl (C=O) groups is 2. The van der Waals surface area contributed by atoms with Crippen molar-refractivity contribution in [2.24, 2.45) is 5.41 Å². The van der Waals surface area contributed by atoms with Crippen molar-refractivity contribution < 1.29 is 19.4 Å². The Balaban J connectivity index is 3.65. The van der Waals surface area contributed by atoms with Gasteiger partial charge in [-0.2, -0.15) is 0 Å². The molecule has 6 nitrogen and oxygen atoms in total. The Kier molecular flexibility index (Phi) is 8.11. The molecular weight excluding hydrogens is 236 g/mol. The summed E-state index contributed by atoms with van der Waals surface area (Å²) in [5.74, 6) is -0.849. The molecule has 0 heterocycles. The zero-order valence-electron chi connectivity index (χ0n) is 11.4. The third-order valence-corrected chi connectivity index (χ3v) is 2.56. The molecule has 0 unspecified atom stereocenters. The standard InChI is InChI=1S/C12H24N2O4/c1-12(2,6-8-18-3)9-14-11(17)13-7-4-5-10(15)16/h4-9H2,1-3H3,(H,15,16)(H2,13,14,17). The van der Waals surface area contributed by atoms with Gasteiger partial charge in [-0.15, -0.1) is 0 Å². The van der Waals surface area contributed by atoms with Crippen LogP contribution in [0.5, 0.6) is 0 Å². The van der Waals surface area contributed by atoms with Gasteiger partial charge < -0.3 is 20.5 Å². The maximum Gasteiger partial charge on any atom is 0.314 e. The van der Waals surface area contributed by atoms with Crippen molar-refractivity contribution in [3.8, 4) is 0 Å². The summed E-state index contributed by atoms with van der Waals surface area (Å²) in [6.45, 7) is 5.69. The van der Waals surface area contributed by atoms with Crippen molar-refractivity contribution in [2.75, 3.05) is 26.8 Å². The largest absolute Gasteiger partial charge is 0.481 e. The van der Waals surface area contributed by atoms with Gasteiger partial charge >= 0.3 is 12.0 Å². The molecule has 0 aromatic heterocycles. The van der Waals surface area contributed by atoms with E-state index in [4.69, 9.17) is 9.84 Å². The number of methoxy groups -OCH3 is 1. The van der Waals surface area contributed by atoms with Crippen molar-refractivity contribution in [3.63, 3.8) is 0 Å². The molecule has 0 fully saturated rings. The molecule has 0 aromatic rings. The van der Waals surface area contributed by atoms with Crippen LogP contribution in [0.1, 0.15) is 33.1 Å². The molecule has 0 rings (SSSR count). The minimum atomic E-state index is -0.849. The van der Waals surface area contributed by atoms with Crippen LogP contribution in [0.25, 0.3) is 0 Å². The molecule has 0 aromatic carbocycles. The molecule has 0 aliphatic heterocycles. The van der Waals surface area contributed by atoms with Gasteiger partial charge in [0.05, 0.1) is 0 Å². The minimum Gasteiger partial charge on any atom is -0.481 e. The second-order valence-electron chi connectivity index (χ2n) is 5.01. The Labute approximate surface area is 108 Å². The number of carbonyl (C=O) groups excluding carboxylic acids is 1. The zero-order chi connectivity index (χ0) is 14.0. The molecule has 6 heteroatoms. The monoisotopic (exact) mass is 260 g/mol. The van der Waals surface area contributed by atoms with E-state index in [1.807, 2.05) is 0 Å². The number of urea groups is 1. The smallest absolute Gasteiger partial charge is 0.314 e. The summed E-state index contributed by atoms with van der Waals surface area (Å²) in [7, 11) is 1.65. The highest BCUT2D eigenvalue weighted by molar-refractivity contribution is 5.73. The first kappa shape index (κ1) is 16.7. The van der Waals surface area contributed by atoms with E-state index in [2.05, 4.69) is 24.5 Å². The van der Waals surface area contributed by atoms with Crippen LogP contribution in [0.4, 0.5) is 4.79 Å². The molecule has 0 saturated carbocycles. The predicted molar refractivity (Wildman–Crippen MR) is 68.5 cm³/mol. The first-order chi connectivity index (χ1) is 8.37. The van der Waals surface area contributed by atoms with Crippen LogP contribution in [0.2, 0.25) is 0 Å². The lowest BCUT2D eigenvalue weighted by atomic mass is 9.90. The summed E-state index contributed by atoms with van der Waals surface area (Å²) in [6.07, 6.45) is 1.37. The molecule has 0 atom stereocenters. The number of carboxylic acid groups (broad SMARTS) is 1. The van der Waals surface area contributed by atoms with Gasteiger partial charge in [-0.3, -0.25) is 4.79 Å². The number of hydrogen-bond donors (Lipinski definition) is 3. The number of rotatable bonds is 9. The second-order valence-corrected chi connectivity index (χ2v) is 5.01. The summed E-state index contributed by atoms with van der Waals surface area (Å²) < 4.78 is 5.00. The van der Waals surface area contributed by atoms with Crippen LogP contribution >= 0.6 is 0 Å². The van der Waals surface area contributed by atoms with E-state index in [0.717, 1.165) is 6.42 Å². The van der Waals surface area contributed by atoms with Crippen molar-refractivity contribution in [2.45, 2.75) is 33.1 Å². The van der Waals surface area contributed by atoms with Crippen molar-refractivity contribution in [3.05, 3.63) is 0 Å². The SMILES string of the molecule is COCCC(C)(C)CNC(=O)NCCCC(=O)O. The fraction of sp³-hybridized carbons (Fsp3) is 0.833. The summed E-state index contributed by atoms with van der Waals surface area (Å²) >= 11 is 0. The van der Waals surface area contributed by atoms with Gasteiger partial charge in [0.15, 0.2) is 0 Å². The molecule has 0 radical (unpaired) electrons. The third kappa shape index (κ3) is 9.89. The van der Waals surface area contributed by atoms with Crippen LogP contribution in [-0.2, 0) is 9.53 Å². The Morgan fingerprint density at radius 3 is 2.50 bits per heavy atom. The average molecular weight is 260 g/mol. The van der Waals surface area contributed by atoms with Gasteiger partial charge in [-0.1, -0.05) is 13.8 Å². The Morgan fingerprint density at radius 1 is 1.28 bits per heavy atom. The number of carboxylic acids is 1. The molecule has 0 aliphatic carbocycles. The molecular formula is C12H24N2O4. The van der Waals surface area contributed by atoms with Crippen LogP contribution in [0.15, 0.2) is 0 Å². The highest BCUT2D eigenvalue weighted by Gasteiger charge is 2.18. The number of amides is 2. The van der Waals surface area contributed by atoms with Gasteiger partial charge in [-0.25, -0.2) is 4.79 Å². The van der Waals surface area contributed by atoms with E-state index in [1.165, 1.54) is 0 Å². The zero-order valence-corrected chi connectivity index (χ0v) is 11.4.